The third-order valence-corrected chi connectivity index (χ3v) is 4.94. The number of fused-ring (bicyclic) bond motifs is 1. The predicted octanol–water partition coefficient (Wildman–Crippen LogP) is 3.46. The summed E-state index contributed by atoms with van der Waals surface area (Å²) in [4.78, 5) is 15.6. The number of amides is 1. The summed E-state index contributed by atoms with van der Waals surface area (Å²) in [6, 6.07) is 12.2. The fraction of sp³-hybridized carbons (Fsp3) is 0.235. The number of hydrogen-bond donors (Lipinski definition) is 1. The van der Waals surface area contributed by atoms with E-state index >= 15 is 0 Å². The minimum Gasteiger partial charge on any atom is -0.378 e. The zero-order valence-electron chi connectivity index (χ0n) is 12.3. The van der Waals surface area contributed by atoms with Crippen LogP contribution in [0, 0.1) is 13.8 Å². The fourth-order valence-electron chi connectivity index (χ4n) is 2.49. The van der Waals surface area contributed by atoms with Gasteiger partial charge < -0.3 is 10.0 Å². The zero-order valence-corrected chi connectivity index (χ0v) is 13.1. The third kappa shape index (κ3) is 2.45. The highest BCUT2D eigenvalue weighted by molar-refractivity contribution is 7.99. The average Bonchev–Trinajstić information content (AvgIpc) is 2.68. The monoisotopic (exact) mass is 299 g/mol. The number of carbonyl (C=O) groups is 1. The van der Waals surface area contributed by atoms with Gasteiger partial charge in [0.1, 0.15) is 0 Å². The normalized spacial score (nSPS) is 17.2. The van der Waals surface area contributed by atoms with Crippen LogP contribution in [0.15, 0.2) is 46.2 Å². The number of carbonyl (C=O) groups excluding carboxylic acids is 1. The zero-order chi connectivity index (χ0) is 15.1. The lowest BCUT2D eigenvalue weighted by Gasteiger charge is -2.12. The van der Waals surface area contributed by atoms with Crippen molar-refractivity contribution >= 4 is 23.4 Å². The van der Waals surface area contributed by atoms with Crippen LogP contribution in [-0.2, 0) is 4.79 Å². The highest BCUT2D eigenvalue weighted by Gasteiger charge is 2.33. The number of rotatable bonds is 2. The van der Waals surface area contributed by atoms with Crippen molar-refractivity contribution in [2.45, 2.75) is 29.7 Å². The summed E-state index contributed by atoms with van der Waals surface area (Å²) in [5.41, 5.74) is 3.94. The molecule has 3 rings (SSSR count). The van der Waals surface area contributed by atoms with Gasteiger partial charge in [0, 0.05) is 22.4 Å². The molecule has 1 amide bonds. The SMILES string of the molecule is Cc1ccc(C)c(Sc2ccc3c(c2)N(C)C(=O)C3O)c1. The van der Waals surface area contributed by atoms with E-state index in [9.17, 15) is 9.90 Å². The van der Waals surface area contributed by atoms with Crippen molar-refractivity contribution in [2.24, 2.45) is 0 Å². The van der Waals surface area contributed by atoms with Crippen LogP contribution < -0.4 is 4.90 Å². The van der Waals surface area contributed by atoms with Crippen LogP contribution in [0.3, 0.4) is 0 Å². The Labute approximate surface area is 128 Å². The van der Waals surface area contributed by atoms with E-state index in [-0.39, 0.29) is 5.91 Å². The molecule has 0 saturated carbocycles. The second-order valence-corrected chi connectivity index (χ2v) is 6.51. The summed E-state index contributed by atoms with van der Waals surface area (Å²) in [6.45, 7) is 4.17. The molecule has 108 valence electrons. The van der Waals surface area contributed by atoms with Gasteiger partial charge in [-0.3, -0.25) is 4.79 Å². The van der Waals surface area contributed by atoms with Crippen LogP contribution in [0.25, 0.3) is 0 Å². The topological polar surface area (TPSA) is 40.5 Å². The van der Waals surface area contributed by atoms with Crippen molar-refractivity contribution in [3.05, 3.63) is 53.1 Å². The van der Waals surface area contributed by atoms with E-state index in [1.165, 1.54) is 20.9 Å². The van der Waals surface area contributed by atoms with Crippen molar-refractivity contribution in [1.29, 1.82) is 0 Å². The van der Waals surface area contributed by atoms with Crippen molar-refractivity contribution in [3.63, 3.8) is 0 Å². The van der Waals surface area contributed by atoms with E-state index in [1.807, 2.05) is 18.2 Å². The molecule has 1 N–H and O–H groups in total. The Bertz CT molecular complexity index is 727. The summed E-state index contributed by atoms with van der Waals surface area (Å²) in [5.74, 6) is -0.265. The molecule has 0 aromatic heterocycles. The average molecular weight is 299 g/mol. The van der Waals surface area contributed by atoms with Gasteiger partial charge in [0.05, 0.1) is 5.69 Å². The first-order valence-corrected chi connectivity index (χ1v) is 7.63. The number of hydrogen-bond acceptors (Lipinski definition) is 3. The second kappa shape index (κ2) is 5.20. The van der Waals surface area contributed by atoms with E-state index in [0.717, 1.165) is 10.6 Å². The Balaban J connectivity index is 1.95. The van der Waals surface area contributed by atoms with Gasteiger partial charge in [-0.15, -0.1) is 0 Å². The first-order valence-electron chi connectivity index (χ1n) is 6.82. The van der Waals surface area contributed by atoms with Crippen LogP contribution in [0.4, 0.5) is 5.69 Å². The van der Waals surface area contributed by atoms with Gasteiger partial charge >= 0.3 is 0 Å². The molecule has 0 aliphatic carbocycles. The molecule has 0 radical (unpaired) electrons. The molecule has 0 spiro atoms. The second-order valence-electron chi connectivity index (χ2n) is 5.39. The lowest BCUT2D eigenvalue weighted by Crippen LogP contribution is -2.23. The maximum absolute atomic E-state index is 11.8. The molecule has 4 heteroatoms. The van der Waals surface area contributed by atoms with E-state index < -0.39 is 6.10 Å². The number of benzene rings is 2. The number of nitrogens with zero attached hydrogens (tertiary/aromatic N) is 1. The van der Waals surface area contributed by atoms with Crippen LogP contribution in [0.1, 0.15) is 22.8 Å². The highest BCUT2D eigenvalue weighted by atomic mass is 32.2. The van der Waals surface area contributed by atoms with Crippen molar-refractivity contribution < 1.29 is 9.90 Å². The summed E-state index contributed by atoms with van der Waals surface area (Å²) >= 11 is 1.68. The summed E-state index contributed by atoms with van der Waals surface area (Å²) in [6.07, 6.45) is -1.02. The molecule has 1 aliphatic rings. The Morgan fingerprint density at radius 2 is 1.90 bits per heavy atom. The molecule has 1 unspecified atom stereocenters. The number of aliphatic hydroxyl groups is 1. The standard InChI is InChI=1S/C17H17NO2S/c1-10-4-5-11(2)15(8-10)21-12-6-7-13-14(9-12)18(3)17(20)16(13)19/h4-9,16,19H,1-3H3. The minimum atomic E-state index is -1.02. The van der Waals surface area contributed by atoms with Gasteiger partial charge in [-0.1, -0.05) is 30.0 Å². The summed E-state index contributed by atoms with van der Waals surface area (Å²) < 4.78 is 0. The van der Waals surface area contributed by atoms with Crippen LogP contribution in [0.2, 0.25) is 0 Å². The third-order valence-electron chi connectivity index (χ3n) is 3.79. The lowest BCUT2D eigenvalue weighted by atomic mass is 10.1. The number of anilines is 1. The summed E-state index contributed by atoms with van der Waals surface area (Å²) in [7, 11) is 1.70. The molecule has 3 nitrogen and oxygen atoms in total. The van der Waals surface area contributed by atoms with Crippen molar-refractivity contribution in [3.8, 4) is 0 Å². The van der Waals surface area contributed by atoms with Crippen molar-refractivity contribution in [2.75, 3.05) is 11.9 Å². The molecular weight excluding hydrogens is 282 g/mol. The molecule has 21 heavy (non-hydrogen) atoms. The largest absolute Gasteiger partial charge is 0.378 e. The molecule has 2 aromatic rings. The van der Waals surface area contributed by atoms with Gasteiger partial charge in [0.25, 0.3) is 5.91 Å². The van der Waals surface area contributed by atoms with E-state index in [4.69, 9.17) is 0 Å². The Kier molecular flexibility index (Phi) is 3.51. The Morgan fingerprint density at radius 3 is 2.67 bits per heavy atom. The van der Waals surface area contributed by atoms with Gasteiger partial charge in [-0.05, 0) is 43.2 Å². The molecule has 2 aromatic carbocycles. The molecule has 1 aliphatic heterocycles. The van der Waals surface area contributed by atoms with E-state index in [2.05, 4.69) is 32.0 Å². The minimum absolute atomic E-state index is 0.265. The first kappa shape index (κ1) is 14.2. The Morgan fingerprint density at radius 1 is 1.14 bits per heavy atom. The number of likely N-dealkylation sites (N-methyl/N-ethyl adjacent to an activating group) is 1. The molecule has 0 saturated heterocycles. The van der Waals surface area contributed by atoms with Crippen LogP contribution >= 0.6 is 11.8 Å². The van der Waals surface area contributed by atoms with Gasteiger partial charge in [0.2, 0.25) is 0 Å². The smallest absolute Gasteiger partial charge is 0.260 e. The van der Waals surface area contributed by atoms with Gasteiger partial charge in [-0.2, -0.15) is 0 Å². The van der Waals surface area contributed by atoms with Crippen molar-refractivity contribution in [1.82, 2.24) is 0 Å². The quantitative estimate of drug-likeness (QED) is 0.923. The first-order chi connectivity index (χ1) is 9.97. The number of aryl methyl sites for hydroxylation is 2. The molecule has 1 heterocycles. The summed E-state index contributed by atoms with van der Waals surface area (Å²) in [5, 5.41) is 9.88. The van der Waals surface area contributed by atoms with Gasteiger partial charge in [0.15, 0.2) is 6.10 Å². The molecule has 0 bridgehead atoms. The molecular formula is C17H17NO2S. The molecule has 0 fully saturated rings. The maximum Gasteiger partial charge on any atom is 0.260 e. The Hall–Kier alpha value is -1.78. The maximum atomic E-state index is 11.8. The predicted molar refractivity (Wildman–Crippen MR) is 84.9 cm³/mol. The number of aliphatic hydroxyl groups excluding tert-OH is 1. The molecule has 1 atom stereocenters. The van der Waals surface area contributed by atoms with Crippen LogP contribution in [0.5, 0.6) is 0 Å². The van der Waals surface area contributed by atoms with E-state index in [0.29, 0.717) is 5.56 Å². The fourth-order valence-corrected chi connectivity index (χ4v) is 3.52. The van der Waals surface area contributed by atoms with Gasteiger partial charge in [-0.25, -0.2) is 0 Å². The van der Waals surface area contributed by atoms with E-state index in [1.54, 1.807) is 18.8 Å². The lowest BCUT2D eigenvalue weighted by molar-refractivity contribution is -0.125. The highest BCUT2D eigenvalue weighted by Crippen LogP contribution is 2.39. The van der Waals surface area contributed by atoms with Crippen LogP contribution in [-0.4, -0.2) is 18.1 Å².